The zero-order valence-electron chi connectivity index (χ0n) is 23.4. The number of carbonyl (C=O) groups excluding carboxylic acids is 3. The number of nitrogens with one attached hydrogen (secondary N) is 1. The Morgan fingerprint density at radius 3 is 2.29 bits per heavy atom. The van der Waals surface area contributed by atoms with E-state index in [0.717, 1.165) is 21.4 Å². The number of methoxy groups -OCH3 is 1. The van der Waals surface area contributed by atoms with E-state index in [4.69, 9.17) is 18.9 Å². The average Bonchev–Trinajstić information content (AvgIpc) is 2.97. The zero-order valence-corrected chi connectivity index (χ0v) is 26.5. The van der Waals surface area contributed by atoms with E-state index in [-0.39, 0.29) is 12.1 Å². The molecule has 42 heavy (non-hydrogen) atoms. The van der Waals surface area contributed by atoms with Crippen LogP contribution in [0.4, 0.5) is 4.79 Å². The summed E-state index contributed by atoms with van der Waals surface area (Å²) in [6, 6.07) is 15.5. The molecule has 0 radical (unpaired) electrons. The monoisotopic (exact) mass is 700 g/mol. The van der Waals surface area contributed by atoms with Gasteiger partial charge in [-0.05, 0) is 88.4 Å². The normalized spacial score (nSPS) is 14.2. The number of imide groups is 2. The van der Waals surface area contributed by atoms with E-state index >= 15 is 0 Å². The smallest absolute Gasteiger partial charge is 0.331 e. The van der Waals surface area contributed by atoms with Gasteiger partial charge in [-0.1, -0.05) is 41.1 Å². The minimum atomic E-state index is -0.804. The summed E-state index contributed by atoms with van der Waals surface area (Å²) in [4.78, 5) is 39.8. The molecule has 11 heteroatoms. The molecule has 1 aliphatic heterocycles. The minimum Gasteiger partial charge on any atom is -0.493 e. The largest absolute Gasteiger partial charge is 0.493 e. The molecular weight excluding hydrogens is 672 g/mol. The number of benzene rings is 3. The van der Waals surface area contributed by atoms with E-state index < -0.39 is 17.8 Å². The number of ether oxygens (including phenoxy) is 4. The van der Waals surface area contributed by atoms with Gasteiger partial charge in [0.2, 0.25) is 0 Å². The molecule has 1 aliphatic rings. The van der Waals surface area contributed by atoms with Crippen LogP contribution in [-0.2, 0) is 22.7 Å². The molecule has 1 N–H and O–H groups in total. The lowest BCUT2D eigenvalue weighted by Crippen LogP contribution is -2.53. The van der Waals surface area contributed by atoms with E-state index in [1.54, 1.807) is 30.3 Å². The number of urea groups is 1. The SMILES string of the molecule is CCCOc1ccc(CN2C(=O)NC(=O)/C(=C\c3cc(Br)c(OCc4ccc(Br)cc4)c(OC)c3)C2=O)cc1OCC. The van der Waals surface area contributed by atoms with Crippen molar-refractivity contribution in [1.29, 1.82) is 0 Å². The van der Waals surface area contributed by atoms with E-state index in [1.165, 1.54) is 13.2 Å². The van der Waals surface area contributed by atoms with Crippen LogP contribution in [0.25, 0.3) is 6.08 Å². The van der Waals surface area contributed by atoms with E-state index in [2.05, 4.69) is 37.2 Å². The number of nitrogens with zero attached hydrogens (tertiary/aromatic N) is 1. The van der Waals surface area contributed by atoms with Crippen molar-refractivity contribution in [2.45, 2.75) is 33.4 Å². The highest BCUT2D eigenvalue weighted by Gasteiger charge is 2.36. The number of hydrogen-bond acceptors (Lipinski definition) is 7. The van der Waals surface area contributed by atoms with Crippen LogP contribution < -0.4 is 24.3 Å². The predicted molar refractivity (Wildman–Crippen MR) is 165 cm³/mol. The molecule has 3 aromatic rings. The predicted octanol–water partition coefficient (Wildman–Crippen LogP) is 6.65. The zero-order chi connectivity index (χ0) is 30.2. The first-order valence-electron chi connectivity index (χ1n) is 13.3. The van der Waals surface area contributed by atoms with Crippen LogP contribution in [0.1, 0.15) is 37.0 Å². The summed E-state index contributed by atoms with van der Waals surface area (Å²) in [5, 5.41) is 2.26. The lowest BCUT2D eigenvalue weighted by Gasteiger charge is -2.26. The number of halogens is 2. The summed E-state index contributed by atoms with van der Waals surface area (Å²) in [6.07, 6.45) is 2.25. The standard InChI is InChI=1S/C31H30Br2N2O7/c1-4-12-41-25-11-8-20(15-26(25)40-5-2)17-35-30(37)23(29(36)34-31(35)38)13-21-14-24(33)28(27(16-21)39-3)42-18-19-6-9-22(32)10-7-19/h6-11,13-16H,4-5,12,17-18H2,1-3H3,(H,34,36,38)/b23-13+. The maximum atomic E-state index is 13.4. The molecule has 220 valence electrons. The second-order valence-corrected chi connectivity index (χ2v) is 11.0. The van der Waals surface area contributed by atoms with Crippen molar-refractivity contribution < 1.29 is 33.3 Å². The Kier molecular flexibility index (Phi) is 10.6. The molecule has 4 rings (SSSR count). The van der Waals surface area contributed by atoms with Gasteiger partial charge >= 0.3 is 6.03 Å². The number of amides is 4. The van der Waals surface area contributed by atoms with Gasteiger partial charge in [-0.3, -0.25) is 19.8 Å². The molecule has 1 heterocycles. The van der Waals surface area contributed by atoms with Crippen molar-refractivity contribution in [3.63, 3.8) is 0 Å². The van der Waals surface area contributed by atoms with Crippen LogP contribution in [0.3, 0.4) is 0 Å². The van der Waals surface area contributed by atoms with Gasteiger partial charge in [0.25, 0.3) is 11.8 Å². The molecule has 9 nitrogen and oxygen atoms in total. The fraction of sp³-hybridized carbons (Fsp3) is 0.258. The molecular formula is C31H30Br2N2O7. The van der Waals surface area contributed by atoms with E-state index in [9.17, 15) is 14.4 Å². The Morgan fingerprint density at radius 1 is 0.857 bits per heavy atom. The number of rotatable bonds is 12. The van der Waals surface area contributed by atoms with E-state index in [1.807, 2.05) is 38.1 Å². The third-order valence-electron chi connectivity index (χ3n) is 6.16. The molecule has 1 fully saturated rings. The van der Waals surface area contributed by atoms with Crippen molar-refractivity contribution in [2.75, 3.05) is 20.3 Å². The summed E-state index contributed by atoms with van der Waals surface area (Å²) in [7, 11) is 1.50. The number of hydrogen-bond donors (Lipinski definition) is 1. The quantitative estimate of drug-likeness (QED) is 0.167. The Bertz CT molecular complexity index is 1510. The Labute approximate surface area is 261 Å². The van der Waals surface area contributed by atoms with Crippen molar-refractivity contribution in [1.82, 2.24) is 10.2 Å². The lowest BCUT2D eigenvalue weighted by atomic mass is 10.1. The maximum absolute atomic E-state index is 13.4. The average molecular weight is 702 g/mol. The third kappa shape index (κ3) is 7.51. The molecule has 0 atom stereocenters. The molecule has 0 aromatic heterocycles. The lowest BCUT2D eigenvalue weighted by molar-refractivity contribution is -0.130. The van der Waals surface area contributed by atoms with Gasteiger partial charge in [0.15, 0.2) is 23.0 Å². The topological polar surface area (TPSA) is 103 Å². The first-order valence-corrected chi connectivity index (χ1v) is 14.8. The maximum Gasteiger partial charge on any atom is 0.331 e. The molecule has 0 bridgehead atoms. The summed E-state index contributed by atoms with van der Waals surface area (Å²) in [5.41, 5.74) is 1.90. The number of barbiturate groups is 1. The molecule has 0 saturated carbocycles. The number of carbonyl (C=O) groups is 3. The van der Waals surface area contributed by atoms with Crippen LogP contribution in [0, 0.1) is 0 Å². The van der Waals surface area contributed by atoms with Crippen LogP contribution in [-0.4, -0.2) is 43.1 Å². The van der Waals surface area contributed by atoms with Gasteiger partial charge in [-0.25, -0.2) is 4.79 Å². The van der Waals surface area contributed by atoms with Crippen molar-refractivity contribution in [3.8, 4) is 23.0 Å². The summed E-state index contributed by atoms with van der Waals surface area (Å²) < 4.78 is 24.5. The molecule has 1 saturated heterocycles. The van der Waals surface area contributed by atoms with Crippen molar-refractivity contribution in [3.05, 3.63) is 85.8 Å². The highest BCUT2D eigenvalue weighted by molar-refractivity contribution is 9.10. The highest BCUT2D eigenvalue weighted by atomic mass is 79.9. The first-order chi connectivity index (χ1) is 20.2. The fourth-order valence-corrected chi connectivity index (χ4v) is 4.98. The minimum absolute atomic E-state index is 0.0702. The molecule has 0 unspecified atom stereocenters. The van der Waals surface area contributed by atoms with Crippen LogP contribution >= 0.6 is 31.9 Å². The second-order valence-electron chi connectivity index (χ2n) is 9.22. The van der Waals surface area contributed by atoms with Crippen LogP contribution in [0.15, 0.2) is 69.1 Å². The van der Waals surface area contributed by atoms with Gasteiger partial charge in [0, 0.05) is 4.47 Å². The third-order valence-corrected chi connectivity index (χ3v) is 7.27. The Balaban J connectivity index is 1.57. The van der Waals surface area contributed by atoms with Crippen molar-refractivity contribution in [2.24, 2.45) is 0 Å². The second kappa shape index (κ2) is 14.4. The Morgan fingerprint density at radius 2 is 1.60 bits per heavy atom. The van der Waals surface area contributed by atoms with Crippen molar-refractivity contribution >= 4 is 55.8 Å². The van der Waals surface area contributed by atoms with Gasteiger partial charge in [0.1, 0.15) is 12.2 Å². The molecule has 3 aromatic carbocycles. The molecule has 0 aliphatic carbocycles. The fourth-order valence-electron chi connectivity index (χ4n) is 4.14. The first kappa shape index (κ1) is 31.1. The van der Waals surface area contributed by atoms with Crippen LogP contribution in [0.5, 0.6) is 23.0 Å². The van der Waals surface area contributed by atoms with Gasteiger partial charge in [-0.2, -0.15) is 0 Å². The summed E-state index contributed by atoms with van der Waals surface area (Å²) in [6.45, 7) is 5.04. The Hall–Kier alpha value is -3.83. The summed E-state index contributed by atoms with van der Waals surface area (Å²) >= 11 is 6.93. The molecule has 0 spiro atoms. The van der Waals surface area contributed by atoms with Gasteiger partial charge < -0.3 is 18.9 Å². The van der Waals surface area contributed by atoms with E-state index in [0.29, 0.717) is 58.4 Å². The highest BCUT2D eigenvalue weighted by Crippen LogP contribution is 2.38. The van der Waals surface area contributed by atoms with Gasteiger partial charge in [0.05, 0.1) is 31.3 Å². The van der Waals surface area contributed by atoms with Gasteiger partial charge in [-0.15, -0.1) is 0 Å². The molecule has 4 amide bonds. The van der Waals surface area contributed by atoms with Crippen LogP contribution in [0.2, 0.25) is 0 Å². The summed E-state index contributed by atoms with van der Waals surface area (Å²) in [5.74, 6) is 0.453.